The number of rotatable bonds is 7. The first-order valence-electron chi connectivity index (χ1n) is 4.35. The van der Waals surface area contributed by atoms with Crippen LogP contribution in [0.3, 0.4) is 0 Å². The molecule has 1 N–H and O–H groups in total. The van der Waals surface area contributed by atoms with Crippen LogP contribution in [0.25, 0.3) is 0 Å². The Kier molecular flexibility index (Phi) is 7.21. The summed E-state index contributed by atoms with van der Waals surface area (Å²) in [6.45, 7) is 0.713. The lowest BCUT2D eigenvalue weighted by molar-refractivity contribution is -0.00689. The standard InChI is InChI=1S/C7H16BO4PS/c1-4-7(11-5-8)6(2)12-13(9,14)10-3/h6-7H,4-5H2,1-3H3,(H,9,14)/t6?,7-,13?/m1/s1. The van der Waals surface area contributed by atoms with E-state index in [-0.39, 0.29) is 18.7 Å². The summed E-state index contributed by atoms with van der Waals surface area (Å²) in [5.74, 6) is 0. The molecule has 0 spiro atoms. The first-order valence-corrected chi connectivity index (χ1v) is 6.94. The second-order valence-electron chi connectivity index (χ2n) is 2.74. The normalized spacial score (nSPS) is 20.0. The van der Waals surface area contributed by atoms with Crippen molar-refractivity contribution in [1.29, 1.82) is 0 Å². The molecule has 82 valence electrons. The highest BCUT2D eigenvalue weighted by molar-refractivity contribution is 8.07. The molecule has 0 aliphatic rings. The third-order valence-electron chi connectivity index (χ3n) is 1.77. The van der Waals surface area contributed by atoms with Crippen molar-refractivity contribution >= 4 is 26.4 Å². The van der Waals surface area contributed by atoms with Crippen LogP contribution in [0.1, 0.15) is 20.3 Å². The maximum Gasteiger partial charge on any atom is 0.324 e. The van der Waals surface area contributed by atoms with Crippen LogP contribution < -0.4 is 0 Å². The predicted molar refractivity (Wildman–Crippen MR) is 59.8 cm³/mol. The van der Waals surface area contributed by atoms with Gasteiger partial charge in [-0.1, -0.05) is 6.92 Å². The van der Waals surface area contributed by atoms with Crippen molar-refractivity contribution in [2.75, 3.05) is 13.6 Å². The maximum atomic E-state index is 9.40. The van der Waals surface area contributed by atoms with Crippen molar-refractivity contribution in [3.63, 3.8) is 0 Å². The molecule has 14 heavy (non-hydrogen) atoms. The van der Waals surface area contributed by atoms with Crippen LogP contribution in [0.4, 0.5) is 0 Å². The molecule has 0 saturated heterocycles. The molecule has 0 aromatic heterocycles. The van der Waals surface area contributed by atoms with Gasteiger partial charge in [-0.05, 0) is 25.2 Å². The minimum Gasteiger partial charge on any atom is -0.385 e. The minimum atomic E-state index is -3.11. The lowest BCUT2D eigenvalue weighted by Crippen LogP contribution is -2.28. The number of hydrogen-bond donors (Lipinski definition) is 1. The van der Waals surface area contributed by atoms with Gasteiger partial charge in [0.05, 0.1) is 12.2 Å². The van der Waals surface area contributed by atoms with E-state index in [1.165, 1.54) is 7.11 Å². The van der Waals surface area contributed by atoms with Crippen molar-refractivity contribution < 1.29 is 18.7 Å². The molecule has 4 nitrogen and oxygen atoms in total. The number of hydrogen-bond acceptors (Lipinski definition) is 4. The van der Waals surface area contributed by atoms with E-state index in [1.807, 2.05) is 6.92 Å². The molecule has 0 fully saturated rings. The monoisotopic (exact) mass is 238 g/mol. The molecule has 0 aromatic carbocycles. The molecule has 0 aliphatic heterocycles. The fourth-order valence-electron chi connectivity index (χ4n) is 1.03. The van der Waals surface area contributed by atoms with E-state index in [4.69, 9.17) is 28.9 Å². The van der Waals surface area contributed by atoms with E-state index in [1.54, 1.807) is 6.92 Å². The molecular formula is C7H16BO4PS. The zero-order valence-electron chi connectivity index (χ0n) is 8.67. The SMILES string of the molecule is [B]CO[C@H](CC)C(C)OP(O)(=S)OC. The van der Waals surface area contributed by atoms with E-state index in [2.05, 4.69) is 4.52 Å². The topological polar surface area (TPSA) is 47.9 Å². The Bertz CT molecular complexity index is 204. The van der Waals surface area contributed by atoms with Gasteiger partial charge in [0, 0.05) is 13.6 Å². The minimum absolute atomic E-state index is 0.119. The Morgan fingerprint density at radius 3 is 2.50 bits per heavy atom. The molecule has 0 saturated carbocycles. The van der Waals surface area contributed by atoms with Gasteiger partial charge in [-0.2, -0.15) is 0 Å². The van der Waals surface area contributed by atoms with Gasteiger partial charge in [0.2, 0.25) is 0 Å². The largest absolute Gasteiger partial charge is 0.385 e. The van der Waals surface area contributed by atoms with Crippen molar-refractivity contribution in [1.82, 2.24) is 0 Å². The van der Waals surface area contributed by atoms with Crippen molar-refractivity contribution in [2.45, 2.75) is 32.5 Å². The average Bonchev–Trinajstić information content (AvgIpc) is 2.13. The molecule has 7 heteroatoms. The lowest BCUT2D eigenvalue weighted by Gasteiger charge is -2.25. The second kappa shape index (κ2) is 6.93. The van der Waals surface area contributed by atoms with Crippen LogP contribution >= 0.6 is 6.72 Å². The zero-order valence-corrected chi connectivity index (χ0v) is 10.4. The van der Waals surface area contributed by atoms with Crippen molar-refractivity contribution in [2.24, 2.45) is 0 Å². The summed E-state index contributed by atoms with van der Waals surface area (Å²) in [6.07, 6.45) is 0.223. The molecule has 0 rings (SSSR count). The smallest absolute Gasteiger partial charge is 0.324 e. The predicted octanol–water partition coefficient (Wildman–Crippen LogP) is 1.18. The van der Waals surface area contributed by atoms with Gasteiger partial charge < -0.3 is 18.7 Å². The fourth-order valence-corrected chi connectivity index (χ4v) is 2.08. The Balaban J connectivity index is 4.16. The highest BCUT2D eigenvalue weighted by atomic mass is 32.5. The van der Waals surface area contributed by atoms with Gasteiger partial charge in [0.1, 0.15) is 7.85 Å². The lowest BCUT2D eigenvalue weighted by atomic mass is 10.1. The first kappa shape index (κ1) is 14.6. The van der Waals surface area contributed by atoms with E-state index < -0.39 is 6.72 Å². The van der Waals surface area contributed by atoms with Crippen molar-refractivity contribution in [3.8, 4) is 0 Å². The quantitative estimate of drug-likeness (QED) is 0.533. The summed E-state index contributed by atoms with van der Waals surface area (Å²) in [7, 11) is 6.57. The second-order valence-corrected chi connectivity index (χ2v) is 5.64. The fraction of sp³-hybridized carbons (Fsp3) is 1.00. The summed E-state index contributed by atoms with van der Waals surface area (Å²) < 4.78 is 15.0. The van der Waals surface area contributed by atoms with E-state index in [0.717, 1.165) is 6.42 Å². The van der Waals surface area contributed by atoms with Gasteiger partial charge in [-0.3, -0.25) is 0 Å². The average molecular weight is 238 g/mol. The Hall–Kier alpha value is 0.555. The Morgan fingerprint density at radius 2 is 2.14 bits per heavy atom. The highest BCUT2D eigenvalue weighted by Gasteiger charge is 2.23. The Labute approximate surface area is 91.6 Å². The van der Waals surface area contributed by atoms with Gasteiger partial charge in [-0.15, -0.1) is 0 Å². The molecule has 0 heterocycles. The third kappa shape index (κ3) is 5.44. The maximum absolute atomic E-state index is 9.40. The molecule has 0 aliphatic carbocycles. The molecule has 0 bridgehead atoms. The van der Waals surface area contributed by atoms with Crippen LogP contribution in [-0.4, -0.2) is 38.6 Å². The van der Waals surface area contributed by atoms with Gasteiger partial charge >= 0.3 is 6.72 Å². The van der Waals surface area contributed by atoms with Crippen LogP contribution in [-0.2, 0) is 25.6 Å². The van der Waals surface area contributed by atoms with Crippen LogP contribution in [0.2, 0.25) is 0 Å². The highest BCUT2D eigenvalue weighted by Crippen LogP contribution is 2.44. The molecule has 0 aromatic rings. The zero-order chi connectivity index (χ0) is 11.2. The van der Waals surface area contributed by atoms with Crippen LogP contribution in [0.15, 0.2) is 0 Å². The summed E-state index contributed by atoms with van der Waals surface area (Å²) in [5, 5.41) is 0. The van der Waals surface area contributed by atoms with E-state index in [9.17, 15) is 4.89 Å². The summed E-state index contributed by atoms with van der Waals surface area (Å²) in [4.78, 5) is 9.40. The van der Waals surface area contributed by atoms with E-state index >= 15 is 0 Å². The summed E-state index contributed by atoms with van der Waals surface area (Å²) in [5.41, 5.74) is 0. The first-order chi connectivity index (χ1) is 6.46. The molecule has 2 radical (unpaired) electrons. The molecule has 3 atom stereocenters. The van der Waals surface area contributed by atoms with Crippen LogP contribution in [0, 0.1) is 0 Å². The van der Waals surface area contributed by atoms with Gasteiger partial charge in [-0.25, -0.2) is 0 Å². The molecule has 0 amide bonds. The van der Waals surface area contributed by atoms with Crippen LogP contribution in [0.5, 0.6) is 0 Å². The molecule has 2 unspecified atom stereocenters. The van der Waals surface area contributed by atoms with E-state index in [0.29, 0.717) is 0 Å². The van der Waals surface area contributed by atoms with Gasteiger partial charge in [0.15, 0.2) is 0 Å². The van der Waals surface area contributed by atoms with Gasteiger partial charge in [0.25, 0.3) is 0 Å². The number of ether oxygens (including phenoxy) is 1. The van der Waals surface area contributed by atoms with Crippen molar-refractivity contribution in [3.05, 3.63) is 0 Å². The third-order valence-corrected chi connectivity index (χ3v) is 3.53. The Morgan fingerprint density at radius 1 is 1.57 bits per heavy atom. The summed E-state index contributed by atoms with van der Waals surface area (Å²) in [6, 6.07) is 0. The summed E-state index contributed by atoms with van der Waals surface area (Å²) >= 11 is 4.71. The molecular weight excluding hydrogens is 222 g/mol.